The van der Waals surface area contributed by atoms with Crippen molar-refractivity contribution in [3.63, 3.8) is 0 Å². The molecule has 0 saturated carbocycles. The molecule has 0 aromatic heterocycles. The third-order valence-electron chi connectivity index (χ3n) is 3.89. The van der Waals surface area contributed by atoms with Crippen LogP contribution in [-0.4, -0.2) is 50.4 Å². The van der Waals surface area contributed by atoms with Crippen molar-refractivity contribution in [2.75, 3.05) is 38.6 Å². The molecule has 1 aromatic rings. The van der Waals surface area contributed by atoms with Crippen LogP contribution in [0, 0.1) is 12.8 Å². The van der Waals surface area contributed by atoms with E-state index in [2.05, 4.69) is 10.2 Å². The van der Waals surface area contributed by atoms with Crippen molar-refractivity contribution in [1.29, 1.82) is 0 Å². The first-order valence-electron chi connectivity index (χ1n) is 7.77. The Morgan fingerprint density at radius 3 is 2.86 bits per heavy atom. The second-order valence-electron chi connectivity index (χ2n) is 6.19. The van der Waals surface area contributed by atoms with Crippen LogP contribution >= 0.6 is 0 Å². The Balaban J connectivity index is 1.87. The number of nitrogens with one attached hydrogen (secondary N) is 1. The van der Waals surface area contributed by atoms with Gasteiger partial charge in [-0.15, -0.1) is 0 Å². The number of nitrogens with zero attached hydrogens (tertiary/aromatic N) is 2. The van der Waals surface area contributed by atoms with Crippen LogP contribution in [0.2, 0.25) is 0 Å². The zero-order valence-corrected chi connectivity index (χ0v) is 13.6. The lowest BCUT2D eigenvalue weighted by atomic mass is 10.1. The second kappa shape index (κ2) is 7.40. The normalized spacial score (nSPS) is 18.1. The predicted molar refractivity (Wildman–Crippen MR) is 87.8 cm³/mol. The molecular weight excluding hydrogens is 278 g/mol. The first kappa shape index (κ1) is 16.5. The molecule has 1 unspecified atom stereocenters. The lowest BCUT2D eigenvalue weighted by Gasteiger charge is -2.17. The molecule has 1 heterocycles. The third kappa shape index (κ3) is 4.31. The fraction of sp³-hybridized carbons (Fsp3) is 0.529. The summed E-state index contributed by atoms with van der Waals surface area (Å²) < 4.78 is 0. The molecule has 1 aliphatic heterocycles. The summed E-state index contributed by atoms with van der Waals surface area (Å²) in [7, 11) is 4.02. The summed E-state index contributed by atoms with van der Waals surface area (Å²) in [5.74, 6) is -0.228. The average Bonchev–Trinajstić information content (AvgIpc) is 2.85. The molecule has 5 nitrogen and oxygen atoms in total. The van der Waals surface area contributed by atoms with Gasteiger partial charge in [-0.25, -0.2) is 0 Å². The number of carbonyl (C=O) groups excluding carboxylic acids is 2. The van der Waals surface area contributed by atoms with Crippen molar-refractivity contribution >= 4 is 17.5 Å². The van der Waals surface area contributed by atoms with Crippen LogP contribution in [0.1, 0.15) is 18.4 Å². The maximum absolute atomic E-state index is 12.2. The van der Waals surface area contributed by atoms with Crippen LogP contribution in [-0.2, 0) is 9.59 Å². The minimum Gasteiger partial charge on any atom is -0.356 e. The van der Waals surface area contributed by atoms with Crippen molar-refractivity contribution in [1.82, 2.24) is 10.2 Å². The van der Waals surface area contributed by atoms with Crippen molar-refractivity contribution in [2.45, 2.75) is 19.8 Å². The first-order valence-corrected chi connectivity index (χ1v) is 7.77. The number of hydrogen-bond acceptors (Lipinski definition) is 3. The van der Waals surface area contributed by atoms with E-state index in [4.69, 9.17) is 0 Å². The highest BCUT2D eigenvalue weighted by Crippen LogP contribution is 2.25. The van der Waals surface area contributed by atoms with Crippen LogP contribution in [0.5, 0.6) is 0 Å². The molecule has 0 radical (unpaired) electrons. The van der Waals surface area contributed by atoms with Crippen LogP contribution in [0.15, 0.2) is 24.3 Å². The molecule has 120 valence electrons. The van der Waals surface area contributed by atoms with Crippen LogP contribution in [0.4, 0.5) is 5.69 Å². The molecule has 0 aliphatic carbocycles. The quantitative estimate of drug-likeness (QED) is 0.809. The summed E-state index contributed by atoms with van der Waals surface area (Å²) in [5, 5.41) is 2.94. The minimum absolute atomic E-state index is 0.0118. The molecule has 1 fully saturated rings. The molecule has 1 atom stereocenters. The second-order valence-corrected chi connectivity index (χ2v) is 6.19. The van der Waals surface area contributed by atoms with Gasteiger partial charge in [0.2, 0.25) is 11.8 Å². The number of aryl methyl sites for hydroxylation is 1. The number of anilines is 1. The number of hydrogen-bond donors (Lipinski definition) is 1. The molecule has 0 spiro atoms. The molecule has 2 rings (SSSR count). The number of benzene rings is 1. The maximum Gasteiger partial charge on any atom is 0.227 e. The van der Waals surface area contributed by atoms with E-state index in [0.717, 1.165) is 24.2 Å². The molecule has 1 saturated heterocycles. The van der Waals surface area contributed by atoms with E-state index < -0.39 is 0 Å². The average molecular weight is 303 g/mol. The van der Waals surface area contributed by atoms with Gasteiger partial charge in [0.25, 0.3) is 0 Å². The molecule has 1 aromatic carbocycles. The van der Waals surface area contributed by atoms with E-state index in [9.17, 15) is 9.59 Å². The summed E-state index contributed by atoms with van der Waals surface area (Å²) in [5.41, 5.74) is 2.00. The van der Waals surface area contributed by atoms with E-state index in [0.29, 0.717) is 19.5 Å². The van der Waals surface area contributed by atoms with Crippen LogP contribution in [0.25, 0.3) is 0 Å². The van der Waals surface area contributed by atoms with E-state index in [1.165, 1.54) is 0 Å². The van der Waals surface area contributed by atoms with Gasteiger partial charge in [0.05, 0.1) is 5.92 Å². The molecule has 1 aliphatic rings. The number of amides is 2. The molecule has 0 bridgehead atoms. The highest BCUT2D eigenvalue weighted by atomic mass is 16.2. The van der Waals surface area contributed by atoms with Crippen molar-refractivity contribution in [3.8, 4) is 0 Å². The van der Waals surface area contributed by atoms with Gasteiger partial charge in [-0.05, 0) is 51.7 Å². The monoisotopic (exact) mass is 303 g/mol. The highest BCUT2D eigenvalue weighted by Gasteiger charge is 2.34. The molecule has 2 amide bonds. The zero-order valence-electron chi connectivity index (χ0n) is 13.6. The molecule has 22 heavy (non-hydrogen) atoms. The van der Waals surface area contributed by atoms with Gasteiger partial charge >= 0.3 is 0 Å². The van der Waals surface area contributed by atoms with Gasteiger partial charge in [0, 0.05) is 25.2 Å². The first-order chi connectivity index (χ1) is 10.5. The SMILES string of the molecule is Cc1cccc(N2CC(C(=O)NCCCN(C)C)CC2=O)c1. The van der Waals surface area contributed by atoms with Gasteiger partial charge in [-0.1, -0.05) is 12.1 Å². The molecular formula is C17H25N3O2. The Morgan fingerprint density at radius 2 is 2.18 bits per heavy atom. The lowest BCUT2D eigenvalue weighted by molar-refractivity contribution is -0.126. The summed E-state index contributed by atoms with van der Waals surface area (Å²) in [6.07, 6.45) is 1.22. The third-order valence-corrected chi connectivity index (χ3v) is 3.89. The topological polar surface area (TPSA) is 52.7 Å². The highest BCUT2D eigenvalue weighted by molar-refractivity contribution is 6.00. The maximum atomic E-state index is 12.2. The largest absolute Gasteiger partial charge is 0.356 e. The predicted octanol–water partition coefficient (Wildman–Crippen LogP) is 1.42. The van der Waals surface area contributed by atoms with Gasteiger partial charge in [0.15, 0.2) is 0 Å². The Bertz CT molecular complexity index is 542. The number of carbonyl (C=O) groups is 2. The summed E-state index contributed by atoms with van der Waals surface area (Å²) in [6, 6.07) is 7.84. The van der Waals surface area contributed by atoms with Gasteiger partial charge in [0.1, 0.15) is 0 Å². The summed E-state index contributed by atoms with van der Waals surface area (Å²) in [6.45, 7) is 4.08. The summed E-state index contributed by atoms with van der Waals surface area (Å²) in [4.78, 5) is 28.1. The van der Waals surface area contributed by atoms with E-state index >= 15 is 0 Å². The Hall–Kier alpha value is -1.88. The summed E-state index contributed by atoms with van der Waals surface area (Å²) >= 11 is 0. The van der Waals surface area contributed by atoms with Crippen molar-refractivity contribution in [2.24, 2.45) is 5.92 Å². The van der Waals surface area contributed by atoms with Gasteiger partial charge < -0.3 is 15.1 Å². The molecule has 1 N–H and O–H groups in total. The fourth-order valence-electron chi connectivity index (χ4n) is 2.68. The lowest BCUT2D eigenvalue weighted by Crippen LogP contribution is -2.34. The van der Waals surface area contributed by atoms with Crippen molar-refractivity contribution in [3.05, 3.63) is 29.8 Å². The van der Waals surface area contributed by atoms with Crippen LogP contribution in [0.3, 0.4) is 0 Å². The smallest absolute Gasteiger partial charge is 0.227 e. The van der Waals surface area contributed by atoms with E-state index in [1.54, 1.807) is 4.90 Å². The Kier molecular flexibility index (Phi) is 5.55. The Morgan fingerprint density at radius 1 is 1.41 bits per heavy atom. The number of rotatable bonds is 6. The molecule has 5 heteroatoms. The standard InChI is InChI=1S/C17H25N3O2/c1-13-6-4-7-15(10-13)20-12-14(11-16(20)21)17(22)18-8-5-9-19(2)3/h4,6-7,10,14H,5,8-9,11-12H2,1-3H3,(H,18,22). The minimum atomic E-state index is -0.243. The van der Waals surface area contributed by atoms with Gasteiger partial charge in [-0.3, -0.25) is 9.59 Å². The zero-order chi connectivity index (χ0) is 16.1. The fourth-order valence-corrected chi connectivity index (χ4v) is 2.68. The van der Waals surface area contributed by atoms with Gasteiger partial charge in [-0.2, -0.15) is 0 Å². The Labute approximate surface area is 132 Å². The van der Waals surface area contributed by atoms with Crippen molar-refractivity contribution < 1.29 is 9.59 Å². The van der Waals surface area contributed by atoms with E-state index in [1.807, 2.05) is 45.3 Å². The van der Waals surface area contributed by atoms with Crippen LogP contribution < -0.4 is 10.2 Å². The van der Waals surface area contributed by atoms with E-state index in [-0.39, 0.29) is 17.7 Å².